The van der Waals surface area contributed by atoms with Crippen LogP contribution in [0.25, 0.3) is 5.65 Å². The molecule has 1 N–H and O–H groups in total. The lowest BCUT2D eigenvalue weighted by atomic mass is 10.1. The number of rotatable bonds is 7. The molecular weight excluding hydrogens is 380 g/mol. The number of benzene rings is 1. The van der Waals surface area contributed by atoms with E-state index < -0.39 is 12.1 Å². The van der Waals surface area contributed by atoms with E-state index in [-0.39, 0.29) is 12.3 Å². The summed E-state index contributed by atoms with van der Waals surface area (Å²) in [6.45, 7) is 9.46. The van der Waals surface area contributed by atoms with E-state index >= 15 is 0 Å². The minimum absolute atomic E-state index is 0.165. The fourth-order valence-electron chi connectivity index (χ4n) is 3.41. The summed E-state index contributed by atoms with van der Waals surface area (Å²) in [4.78, 5) is 29.2. The van der Waals surface area contributed by atoms with Gasteiger partial charge >= 0.3 is 5.97 Å². The third-order valence-electron chi connectivity index (χ3n) is 5.17. The highest BCUT2D eigenvalue weighted by molar-refractivity contribution is 5.95. The Labute approximate surface area is 176 Å². The molecule has 0 saturated heterocycles. The van der Waals surface area contributed by atoms with Crippen molar-refractivity contribution >= 4 is 23.2 Å². The number of nitrogens with one attached hydrogen (secondary N) is 1. The van der Waals surface area contributed by atoms with Crippen LogP contribution in [0.15, 0.2) is 30.3 Å². The molecule has 7 nitrogen and oxygen atoms in total. The lowest BCUT2D eigenvalue weighted by Crippen LogP contribution is -2.30. The highest BCUT2D eigenvalue weighted by atomic mass is 16.5. The first-order chi connectivity index (χ1) is 14.3. The minimum atomic E-state index is -0.875. The molecule has 0 aliphatic carbocycles. The highest BCUT2D eigenvalue weighted by Crippen LogP contribution is 2.17. The van der Waals surface area contributed by atoms with Gasteiger partial charge in [-0.15, -0.1) is 0 Å². The normalized spacial score (nSPS) is 12.0. The van der Waals surface area contributed by atoms with E-state index in [4.69, 9.17) is 4.74 Å². The van der Waals surface area contributed by atoms with Gasteiger partial charge in [0.2, 0.25) is 0 Å². The first-order valence-corrected chi connectivity index (χ1v) is 10.2. The Kier molecular flexibility index (Phi) is 6.50. The maximum absolute atomic E-state index is 12.3. The maximum Gasteiger partial charge on any atom is 0.306 e. The van der Waals surface area contributed by atoms with Gasteiger partial charge in [-0.3, -0.25) is 9.59 Å². The van der Waals surface area contributed by atoms with E-state index in [0.717, 1.165) is 34.7 Å². The standard InChI is InChI=1S/C23H28N4O3/c1-6-18-7-9-19(10-8-18)25-23(29)17(5)30-22(28)12-11-20-15(3)24-21-13-14(2)26-27(21)16(20)4/h7-10,13,17H,6,11-12H2,1-5H3,(H,25,29)/t17-/m0/s1. The summed E-state index contributed by atoms with van der Waals surface area (Å²) in [5.41, 5.74) is 6.36. The Morgan fingerprint density at radius 1 is 1.17 bits per heavy atom. The zero-order chi connectivity index (χ0) is 21.8. The average molecular weight is 409 g/mol. The molecule has 3 rings (SSSR count). The Balaban J connectivity index is 1.57. The fourth-order valence-corrected chi connectivity index (χ4v) is 3.41. The fraction of sp³-hybridized carbons (Fsp3) is 0.391. The molecule has 1 atom stereocenters. The third kappa shape index (κ3) is 4.84. The average Bonchev–Trinajstić information content (AvgIpc) is 3.08. The molecule has 0 radical (unpaired) electrons. The van der Waals surface area contributed by atoms with Crippen molar-refractivity contribution in [2.75, 3.05) is 5.32 Å². The van der Waals surface area contributed by atoms with Crippen LogP contribution in [0.2, 0.25) is 0 Å². The van der Waals surface area contributed by atoms with Crippen molar-refractivity contribution in [2.24, 2.45) is 0 Å². The molecule has 158 valence electrons. The van der Waals surface area contributed by atoms with Gasteiger partial charge in [0.1, 0.15) is 0 Å². The zero-order valence-electron chi connectivity index (χ0n) is 18.2. The monoisotopic (exact) mass is 408 g/mol. The number of esters is 1. The number of hydrogen-bond donors (Lipinski definition) is 1. The second-order valence-corrected chi connectivity index (χ2v) is 7.49. The van der Waals surface area contributed by atoms with Crippen LogP contribution < -0.4 is 5.32 Å². The highest BCUT2D eigenvalue weighted by Gasteiger charge is 2.19. The summed E-state index contributed by atoms with van der Waals surface area (Å²) in [5.74, 6) is -0.774. The summed E-state index contributed by atoms with van der Waals surface area (Å²) in [6, 6.07) is 9.54. The Morgan fingerprint density at radius 2 is 1.87 bits per heavy atom. The second-order valence-electron chi connectivity index (χ2n) is 7.49. The van der Waals surface area contributed by atoms with Crippen LogP contribution in [0.1, 0.15) is 48.5 Å². The van der Waals surface area contributed by atoms with Crippen molar-refractivity contribution in [3.8, 4) is 0 Å². The number of nitrogens with zero attached hydrogens (tertiary/aromatic N) is 3. The Morgan fingerprint density at radius 3 is 2.53 bits per heavy atom. The summed E-state index contributed by atoms with van der Waals surface area (Å²) < 4.78 is 7.12. The molecular formula is C23H28N4O3. The number of anilines is 1. The summed E-state index contributed by atoms with van der Waals surface area (Å²) >= 11 is 0. The van der Waals surface area contributed by atoms with Gasteiger partial charge in [-0.1, -0.05) is 19.1 Å². The molecule has 0 saturated carbocycles. The quantitative estimate of drug-likeness (QED) is 0.602. The molecule has 30 heavy (non-hydrogen) atoms. The predicted molar refractivity (Wildman–Crippen MR) is 116 cm³/mol. The molecule has 2 aromatic heterocycles. The van der Waals surface area contributed by atoms with E-state index in [2.05, 4.69) is 22.3 Å². The number of aryl methyl sites for hydroxylation is 4. The number of aromatic nitrogens is 3. The number of carbonyl (C=O) groups excluding carboxylic acids is 2. The molecule has 7 heteroatoms. The molecule has 0 spiro atoms. The van der Waals surface area contributed by atoms with E-state index in [9.17, 15) is 9.59 Å². The van der Waals surface area contributed by atoms with Crippen molar-refractivity contribution in [1.82, 2.24) is 14.6 Å². The number of amides is 1. The van der Waals surface area contributed by atoms with Crippen LogP contribution in [0.4, 0.5) is 5.69 Å². The van der Waals surface area contributed by atoms with Gasteiger partial charge in [-0.2, -0.15) is 5.10 Å². The number of ether oxygens (including phenoxy) is 1. The predicted octanol–water partition coefficient (Wildman–Crippen LogP) is 3.72. The minimum Gasteiger partial charge on any atom is -0.453 e. The topological polar surface area (TPSA) is 85.6 Å². The van der Waals surface area contributed by atoms with Gasteiger partial charge in [0.25, 0.3) is 5.91 Å². The Hall–Kier alpha value is -3.22. The smallest absolute Gasteiger partial charge is 0.306 e. The van der Waals surface area contributed by atoms with Crippen LogP contribution in [0, 0.1) is 20.8 Å². The van der Waals surface area contributed by atoms with Gasteiger partial charge in [-0.25, -0.2) is 9.50 Å². The molecule has 3 aromatic rings. The first-order valence-electron chi connectivity index (χ1n) is 10.2. The number of hydrogen-bond acceptors (Lipinski definition) is 5. The lowest BCUT2D eigenvalue weighted by molar-refractivity contribution is -0.153. The van der Waals surface area contributed by atoms with Crippen LogP contribution in [-0.2, 0) is 27.2 Å². The Bertz CT molecular complexity index is 1070. The van der Waals surface area contributed by atoms with Gasteiger partial charge in [0.15, 0.2) is 11.8 Å². The van der Waals surface area contributed by atoms with Crippen molar-refractivity contribution in [3.63, 3.8) is 0 Å². The summed E-state index contributed by atoms with van der Waals surface area (Å²) in [6.07, 6.45) is 0.701. The van der Waals surface area contributed by atoms with Gasteiger partial charge in [-0.05, 0) is 63.8 Å². The summed E-state index contributed by atoms with van der Waals surface area (Å²) in [5, 5.41) is 7.22. The number of fused-ring (bicyclic) bond motifs is 1. The van der Waals surface area contributed by atoms with Crippen molar-refractivity contribution in [3.05, 3.63) is 58.5 Å². The molecule has 0 unspecified atom stereocenters. The van der Waals surface area contributed by atoms with Gasteiger partial charge in [0.05, 0.1) is 5.69 Å². The van der Waals surface area contributed by atoms with E-state index in [0.29, 0.717) is 12.1 Å². The molecule has 0 aliphatic rings. The van der Waals surface area contributed by atoms with Gasteiger partial charge in [0, 0.05) is 29.6 Å². The number of carbonyl (C=O) groups is 2. The van der Waals surface area contributed by atoms with Crippen LogP contribution in [0.3, 0.4) is 0 Å². The van der Waals surface area contributed by atoms with Crippen LogP contribution in [-0.4, -0.2) is 32.6 Å². The van der Waals surface area contributed by atoms with Gasteiger partial charge < -0.3 is 10.1 Å². The molecule has 1 aromatic carbocycles. The lowest BCUT2D eigenvalue weighted by Gasteiger charge is -2.15. The van der Waals surface area contributed by atoms with Crippen molar-refractivity contribution in [2.45, 2.75) is 60.0 Å². The molecule has 0 aliphatic heterocycles. The maximum atomic E-state index is 12.3. The van der Waals surface area contributed by atoms with Crippen molar-refractivity contribution in [1.29, 1.82) is 0 Å². The third-order valence-corrected chi connectivity index (χ3v) is 5.17. The van der Waals surface area contributed by atoms with Crippen LogP contribution >= 0.6 is 0 Å². The molecule has 1 amide bonds. The first kappa shape index (κ1) is 21.5. The molecule has 0 fully saturated rings. The van der Waals surface area contributed by atoms with E-state index in [1.54, 1.807) is 11.4 Å². The molecule has 0 bridgehead atoms. The van der Waals surface area contributed by atoms with Crippen LogP contribution in [0.5, 0.6) is 0 Å². The summed E-state index contributed by atoms with van der Waals surface area (Å²) in [7, 11) is 0. The SMILES string of the molecule is CCc1ccc(NC(=O)[C@H](C)OC(=O)CCc2c(C)nc3cc(C)nn3c2C)cc1. The molecule has 2 heterocycles. The van der Waals surface area contributed by atoms with E-state index in [1.165, 1.54) is 5.56 Å². The second kappa shape index (κ2) is 9.07. The zero-order valence-corrected chi connectivity index (χ0v) is 18.2. The van der Waals surface area contributed by atoms with Crippen molar-refractivity contribution < 1.29 is 14.3 Å². The van der Waals surface area contributed by atoms with E-state index in [1.807, 2.05) is 51.1 Å². The largest absolute Gasteiger partial charge is 0.453 e.